The van der Waals surface area contributed by atoms with Crippen LogP contribution in [0.2, 0.25) is 0 Å². The van der Waals surface area contributed by atoms with Gasteiger partial charge in [-0.25, -0.2) is 9.78 Å². The summed E-state index contributed by atoms with van der Waals surface area (Å²) in [6.45, 7) is 0.480. The number of nitrogens with two attached hydrogens (primary N) is 1. The van der Waals surface area contributed by atoms with E-state index in [1.165, 1.54) is 23.5 Å². The number of hydrogen-bond donors (Lipinski definition) is 2. The van der Waals surface area contributed by atoms with Gasteiger partial charge in [0.05, 0.1) is 10.4 Å². The van der Waals surface area contributed by atoms with Crippen LogP contribution >= 0.6 is 11.3 Å². The van der Waals surface area contributed by atoms with Crippen molar-refractivity contribution in [1.29, 1.82) is 0 Å². The molecule has 96 valence electrons. The van der Waals surface area contributed by atoms with E-state index in [-0.39, 0.29) is 5.56 Å². The fourth-order valence-corrected chi connectivity index (χ4v) is 2.58. The third kappa shape index (κ3) is 2.11. The lowest BCUT2D eigenvalue weighted by molar-refractivity contribution is 0.0697. The van der Waals surface area contributed by atoms with Crippen molar-refractivity contribution in [3.8, 4) is 10.8 Å². The molecule has 0 amide bonds. The summed E-state index contributed by atoms with van der Waals surface area (Å²) >= 11 is 1.51. The molecule has 2 aromatic heterocycles. The third-order valence-corrected chi connectivity index (χ3v) is 3.80. The lowest BCUT2D eigenvalue weighted by Gasteiger charge is -1.91. The van der Waals surface area contributed by atoms with Crippen LogP contribution < -0.4 is 5.73 Å². The average Bonchev–Trinajstić information content (AvgIpc) is 3.03. The van der Waals surface area contributed by atoms with Gasteiger partial charge in [-0.2, -0.15) is 0 Å². The maximum atomic E-state index is 10.9. The van der Waals surface area contributed by atoms with E-state index in [0.717, 1.165) is 9.75 Å². The number of aromatic carboxylic acids is 1. The van der Waals surface area contributed by atoms with Crippen LogP contribution in [-0.2, 0) is 6.54 Å². The highest BCUT2D eigenvalue weighted by atomic mass is 32.1. The second-order valence-corrected chi connectivity index (χ2v) is 5.15. The lowest BCUT2D eigenvalue weighted by atomic mass is 10.2. The summed E-state index contributed by atoms with van der Waals surface area (Å²) in [4.78, 5) is 17.1. The summed E-state index contributed by atoms with van der Waals surface area (Å²) in [7, 11) is 0. The number of carbonyl (C=O) groups is 1. The van der Waals surface area contributed by atoms with Crippen molar-refractivity contribution in [3.63, 3.8) is 0 Å². The monoisotopic (exact) mass is 274 g/mol. The number of hydrogen-bond acceptors (Lipinski definition) is 5. The largest absolute Gasteiger partial charge is 0.478 e. The number of carboxylic acids is 1. The zero-order valence-electron chi connectivity index (χ0n) is 9.79. The highest BCUT2D eigenvalue weighted by Gasteiger charge is 2.12. The molecule has 2 heterocycles. The van der Waals surface area contributed by atoms with E-state index >= 15 is 0 Å². The Bertz CT molecular complexity index is 760. The molecular formula is C13H10N2O3S. The van der Waals surface area contributed by atoms with E-state index in [0.29, 0.717) is 23.5 Å². The molecule has 6 heteroatoms. The van der Waals surface area contributed by atoms with Gasteiger partial charge in [-0.3, -0.25) is 0 Å². The van der Waals surface area contributed by atoms with Crippen LogP contribution in [0.3, 0.4) is 0 Å². The molecule has 19 heavy (non-hydrogen) atoms. The molecule has 0 aliphatic rings. The fourth-order valence-electron chi connectivity index (χ4n) is 1.77. The molecule has 0 saturated heterocycles. The predicted molar refractivity (Wildman–Crippen MR) is 72.2 cm³/mol. The quantitative estimate of drug-likeness (QED) is 0.766. The standard InChI is InChI=1S/C13H10N2O3S/c14-6-8-2-4-11(19-8)12-15-9-5-7(13(16)17)1-3-10(9)18-12/h1-5H,6,14H2,(H,16,17). The summed E-state index contributed by atoms with van der Waals surface area (Å²) in [5.74, 6) is -0.491. The molecule has 0 aliphatic heterocycles. The van der Waals surface area contributed by atoms with Crippen LogP contribution in [0.15, 0.2) is 34.7 Å². The van der Waals surface area contributed by atoms with Crippen LogP contribution in [-0.4, -0.2) is 16.1 Å². The first-order chi connectivity index (χ1) is 9.17. The van der Waals surface area contributed by atoms with Gasteiger partial charge in [0.25, 0.3) is 0 Å². The minimum Gasteiger partial charge on any atom is -0.478 e. The average molecular weight is 274 g/mol. The van der Waals surface area contributed by atoms with Crippen molar-refractivity contribution in [2.24, 2.45) is 5.73 Å². The molecule has 0 atom stereocenters. The topological polar surface area (TPSA) is 89.3 Å². The van der Waals surface area contributed by atoms with Gasteiger partial charge >= 0.3 is 5.97 Å². The summed E-state index contributed by atoms with van der Waals surface area (Å²) in [6.07, 6.45) is 0. The first-order valence-electron chi connectivity index (χ1n) is 5.60. The normalized spacial score (nSPS) is 11.0. The number of nitrogens with zero attached hydrogens (tertiary/aromatic N) is 1. The van der Waals surface area contributed by atoms with Gasteiger partial charge in [0.2, 0.25) is 5.89 Å². The summed E-state index contributed by atoms with van der Waals surface area (Å²) in [6, 6.07) is 8.45. The van der Waals surface area contributed by atoms with E-state index in [2.05, 4.69) is 4.98 Å². The highest BCUT2D eigenvalue weighted by Crippen LogP contribution is 2.30. The zero-order chi connectivity index (χ0) is 13.4. The lowest BCUT2D eigenvalue weighted by Crippen LogP contribution is -1.94. The van der Waals surface area contributed by atoms with Gasteiger partial charge in [0.15, 0.2) is 5.58 Å². The minimum atomic E-state index is -0.979. The van der Waals surface area contributed by atoms with Crippen molar-refractivity contribution >= 4 is 28.4 Å². The fraction of sp³-hybridized carbons (Fsp3) is 0.0769. The number of thiophene rings is 1. The van der Waals surface area contributed by atoms with Crippen molar-refractivity contribution in [1.82, 2.24) is 4.98 Å². The molecule has 3 aromatic rings. The van der Waals surface area contributed by atoms with Crippen molar-refractivity contribution in [2.45, 2.75) is 6.54 Å². The van der Waals surface area contributed by atoms with Crippen molar-refractivity contribution in [2.75, 3.05) is 0 Å². The Kier molecular flexibility index (Phi) is 2.81. The van der Waals surface area contributed by atoms with Crippen LogP contribution in [0.1, 0.15) is 15.2 Å². The smallest absolute Gasteiger partial charge is 0.335 e. The van der Waals surface area contributed by atoms with Gasteiger partial charge in [-0.05, 0) is 30.3 Å². The molecule has 5 nitrogen and oxygen atoms in total. The van der Waals surface area contributed by atoms with E-state index < -0.39 is 5.97 Å². The van der Waals surface area contributed by atoms with E-state index in [4.69, 9.17) is 15.3 Å². The molecule has 0 radical (unpaired) electrons. The Morgan fingerprint density at radius 1 is 1.37 bits per heavy atom. The van der Waals surface area contributed by atoms with Gasteiger partial charge in [-0.15, -0.1) is 11.3 Å². The second-order valence-electron chi connectivity index (χ2n) is 3.98. The van der Waals surface area contributed by atoms with Crippen LogP contribution in [0, 0.1) is 0 Å². The molecule has 0 aliphatic carbocycles. The molecular weight excluding hydrogens is 264 g/mol. The third-order valence-electron chi connectivity index (χ3n) is 2.71. The Morgan fingerprint density at radius 3 is 2.89 bits per heavy atom. The molecule has 0 fully saturated rings. The number of aromatic nitrogens is 1. The predicted octanol–water partition coefficient (Wildman–Crippen LogP) is 2.71. The number of carboxylic acid groups (broad SMARTS) is 1. The Morgan fingerprint density at radius 2 is 2.21 bits per heavy atom. The number of benzene rings is 1. The number of rotatable bonds is 3. The second kappa shape index (κ2) is 4.49. The van der Waals surface area contributed by atoms with Gasteiger partial charge in [0, 0.05) is 11.4 Å². The molecule has 0 saturated carbocycles. The van der Waals surface area contributed by atoms with E-state index in [1.54, 1.807) is 6.07 Å². The van der Waals surface area contributed by atoms with Crippen molar-refractivity contribution < 1.29 is 14.3 Å². The molecule has 0 bridgehead atoms. The Hall–Kier alpha value is -2.18. The highest BCUT2D eigenvalue weighted by molar-refractivity contribution is 7.15. The number of fused-ring (bicyclic) bond motifs is 1. The van der Waals surface area contributed by atoms with E-state index in [9.17, 15) is 4.79 Å². The van der Waals surface area contributed by atoms with Gasteiger partial charge < -0.3 is 15.3 Å². The molecule has 0 unspecified atom stereocenters. The molecule has 1 aromatic carbocycles. The van der Waals surface area contributed by atoms with Gasteiger partial charge in [0.1, 0.15) is 5.52 Å². The summed E-state index contributed by atoms with van der Waals surface area (Å²) in [5, 5.41) is 8.93. The van der Waals surface area contributed by atoms with Gasteiger partial charge in [-0.1, -0.05) is 0 Å². The first kappa shape index (κ1) is 11.9. The van der Waals surface area contributed by atoms with Crippen LogP contribution in [0.25, 0.3) is 21.9 Å². The zero-order valence-corrected chi connectivity index (χ0v) is 10.6. The molecule has 0 spiro atoms. The molecule has 3 N–H and O–H groups in total. The SMILES string of the molecule is NCc1ccc(-c2nc3cc(C(=O)O)ccc3o2)s1. The maximum Gasteiger partial charge on any atom is 0.335 e. The maximum absolute atomic E-state index is 10.9. The van der Waals surface area contributed by atoms with Crippen molar-refractivity contribution in [3.05, 3.63) is 40.8 Å². The van der Waals surface area contributed by atoms with Crippen LogP contribution in [0.4, 0.5) is 0 Å². The summed E-state index contributed by atoms with van der Waals surface area (Å²) in [5.41, 5.74) is 6.87. The summed E-state index contributed by atoms with van der Waals surface area (Å²) < 4.78 is 5.61. The van der Waals surface area contributed by atoms with E-state index in [1.807, 2.05) is 12.1 Å². The Labute approximate surface area is 112 Å². The first-order valence-corrected chi connectivity index (χ1v) is 6.42. The van der Waals surface area contributed by atoms with Crippen LogP contribution in [0.5, 0.6) is 0 Å². The minimum absolute atomic E-state index is 0.196. The number of oxazole rings is 1. The Balaban J connectivity index is 2.08. The molecule has 3 rings (SSSR count).